The van der Waals surface area contributed by atoms with Crippen molar-refractivity contribution in [2.75, 3.05) is 26.6 Å². The summed E-state index contributed by atoms with van der Waals surface area (Å²) in [6, 6.07) is 7.68. The maximum absolute atomic E-state index is 11.4. The Morgan fingerprint density at radius 3 is 2.76 bits per heavy atom. The van der Waals surface area contributed by atoms with Gasteiger partial charge in [0, 0.05) is 12.2 Å². The van der Waals surface area contributed by atoms with Gasteiger partial charge in [0.1, 0.15) is 5.75 Å². The Hall–Kier alpha value is -2.06. The first-order chi connectivity index (χ1) is 12.2. The van der Waals surface area contributed by atoms with Crippen molar-refractivity contribution < 1.29 is 19.0 Å². The molecule has 134 valence electrons. The molecule has 0 aliphatic carbocycles. The van der Waals surface area contributed by atoms with Crippen LogP contribution in [-0.4, -0.2) is 53.4 Å². The highest BCUT2D eigenvalue weighted by molar-refractivity contribution is 7.99. The number of nitrogens with zero attached hydrogens (tertiary/aromatic N) is 3. The lowest BCUT2D eigenvalue weighted by Crippen LogP contribution is -2.17. The lowest BCUT2D eigenvalue weighted by molar-refractivity contribution is -0.137. The first-order valence-corrected chi connectivity index (χ1v) is 9.08. The Balaban J connectivity index is 1.87. The molecule has 0 spiro atoms. The van der Waals surface area contributed by atoms with E-state index in [1.54, 1.807) is 7.11 Å². The summed E-state index contributed by atoms with van der Waals surface area (Å²) < 4.78 is 17.7. The molecule has 1 atom stereocenters. The van der Waals surface area contributed by atoms with Crippen LogP contribution in [-0.2, 0) is 20.8 Å². The number of hydrogen-bond donors (Lipinski definition) is 0. The number of aromatic nitrogens is 3. The van der Waals surface area contributed by atoms with Crippen LogP contribution in [0, 0.1) is 0 Å². The van der Waals surface area contributed by atoms with Crippen molar-refractivity contribution in [3.8, 4) is 17.1 Å². The number of rotatable bonds is 7. The van der Waals surface area contributed by atoms with Crippen molar-refractivity contribution in [3.63, 3.8) is 0 Å². The largest absolute Gasteiger partial charge is 0.497 e. The van der Waals surface area contributed by atoms with Gasteiger partial charge >= 0.3 is 5.97 Å². The fourth-order valence-electron chi connectivity index (χ4n) is 2.69. The van der Waals surface area contributed by atoms with Crippen LogP contribution in [0.3, 0.4) is 0 Å². The van der Waals surface area contributed by atoms with Gasteiger partial charge in [0.25, 0.3) is 0 Å². The van der Waals surface area contributed by atoms with Gasteiger partial charge in [0.05, 0.1) is 32.6 Å². The monoisotopic (exact) mass is 363 g/mol. The number of thioether (sulfide) groups is 1. The number of hydrogen-bond acceptors (Lipinski definition) is 7. The Labute approximate surface area is 150 Å². The molecule has 0 amide bonds. The van der Waals surface area contributed by atoms with E-state index < -0.39 is 0 Å². The topological polar surface area (TPSA) is 75.5 Å². The minimum atomic E-state index is -0.289. The van der Waals surface area contributed by atoms with Gasteiger partial charge in [-0.3, -0.25) is 9.36 Å². The highest BCUT2D eigenvalue weighted by Crippen LogP contribution is 2.27. The molecule has 8 heteroatoms. The maximum atomic E-state index is 11.4. The minimum Gasteiger partial charge on any atom is -0.497 e. The third-order valence-electron chi connectivity index (χ3n) is 4.02. The lowest BCUT2D eigenvalue weighted by atomic mass is 10.2. The molecule has 0 bridgehead atoms. The van der Waals surface area contributed by atoms with E-state index >= 15 is 0 Å². The number of benzene rings is 1. The van der Waals surface area contributed by atoms with Gasteiger partial charge in [-0.2, -0.15) is 0 Å². The molecule has 7 nitrogen and oxygen atoms in total. The van der Waals surface area contributed by atoms with Crippen LogP contribution in [0.1, 0.15) is 12.8 Å². The van der Waals surface area contributed by atoms with Gasteiger partial charge in [0.2, 0.25) is 0 Å². The van der Waals surface area contributed by atoms with Gasteiger partial charge in [-0.15, -0.1) is 10.2 Å². The molecular formula is C17H21N3O4S. The van der Waals surface area contributed by atoms with E-state index in [0.29, 0.717) is 11.7 Å². The zero-order valence-corrected chi connectivity index (χ0v) is 15.1. The third kappa shape index (κ3) is 4.32. The van der Waals surface area contributed by atoms with Crippen molar-refractivity contribution >= 4 is 17.7 Å². The molecule has 0 N–H and O–H groups in total. The SMILES string of the molecule is COC(=O)CSc1nnc(-c2ccc(OC)cc2)n1C[C@H]1CCCO1. The Morgan fingerprint density at radius 2 is 2.12 bits per heavy atom. The lowest BCUT2D eigenvalue weighted by Gasteiger charge is -2.14. The maximum Gasteiger partial charge on any atom is 0.316 e. The van der Waals surface area contributed by atoms with Crippen LogP contribution in [0.15, 0.2) is 29.4 Å². The van der Waals surface area contributed by atoms with E-state index in [2.05, 4.69) is 10.2 Å². The van der Waals surface area contributed by atoms with Crippen molar-refractivity contribution in [1.29, 1.82) is 0 Å². The molecular weight excluding hydrogens is 342 g/mol. The van der Waals surface area contributed by atoms with Crippen molar-refractivity contribution in [3.05, 3.63) is 24.3 Å². The normalized spacial score (nSPS) is 16.8. The average Bonchev–Trinajstić information content (AvgIpc) is 3.30. The van der Waals surface area contributed by atoms with Crippen LogP contribution in [0.4, 0.5) is 0 Å². The number of carbonyl (C=O) groups is 1. The molecule has 1 aromatic heterocycles. The molecule has 1 fully saturated rings. The Morgan fingerprint density at radius 1 is 1.32 bits per heavy atom. The predicted octanol–water partition coefficient (Wildman–Crippen LogP) is 2.40. The van der Waals surface area contributed by atoms with E-state index in [0.717, 1.165) is 36.6 Å². The van der Waals surface area contributed by atoms with Crippen molar-refractivity contribution in [2.45, 2.75) is 30.6 Å². The molecule has 3 rings (SSSR count). The molecule has 1 aromatic carbocycles. The van der Waals surface area contributed by atoms with E-state index in [9.17, 15) is 4.79 Å². The first-order valence-electron chi connectivity index (χ1n) is 8.10. The summed E-state index contributed by atoms with van der Waals surface area (Å²) in [5.41, 5.74) is 0.941. The van der Waals surface area contributed by atoms with Crippen molar-refractivity contribution in [1.82, 2.24) is 14.8 Å². The molecule has 1 saturated heterocycles. The van der Waals surface area contributed by atoms with Gasteiger partial charge in [-0.05, 0) is 37.1 Å². The van der Waals surface area contributed by atoms with Crippen molar-refractivity contribution in [2.24, 2.45) is 0 Å². The number of methoxy groups -OCH3 is 2. The molecule has 1 aliphatic heterocycles. The Bertz CT molecular complexity index is 711. The van der Waals surface area contributed by atoms with Crippen LogP contribution >= 0.6 is 11.8 Å². The molecule has 0 unspecified atom stereocenters. The fourth-order valence-corrected chi connectivity index (χ4v) is 3.47. The second-order valence-corrected chi connectivity index (χ2v) is 6.59. The predicted molar refractivity (Wildman–Crippen MR) is 93.7 cm³/mol. The number of ether oxygens (including phenoxy) is 3. The van der Waals surface area contributed by atoms with Gasteiger partial charge in [-0.25, -0.2) is 0 Å². The molecule has 2 heterocycles. The summed E-state index contributed by atoms with van der Waals surface area (Å²) in [6.45, 7) is 1.45. The van der Waals surface area contributed by atoms with Crippen LogP contribution in [0.25, 0.3) is 11.4 Å². The highest BCUT2D eigenvalue weighted by Gasteiger charge is 2.22. The molecule has 0 saturated carbocycles. The Kier molecular flexibility index (Phi) is 5.93. The standard InChI is InChI=1S/C17H21N3O4S/c1-22-13-7-5-12(6-8-13)16-18-19-17(25-11-15(21)23-2)20(16)10-14-4-3-9-24-14/h5-8,14H,3-4,9-11H2,1-2H3/t14-/m1/s1. The van der Waals surface area contributed by atoms with Gasteiger partial charge in [-0.1, -0.05) is 11.8 Å². The second kappa shape index (κ2) is 8.35. The summed E-state index contributed by atoms with van der Waals surface area (Å²) in [7, 11) is 3.01. The zero-order chi connectivity index (χ0) is 17.6. The van der Waals surface area contributed by atoms with Crippen LogP contribution in [0.2, 0.25) is 0 Å². The third-order valence-corrected chi connectivity index (χ3v) is 4.96. The number of esters is 1. The average molecular weight is 363 g/mol. The van der Waals surface area contributed by atoms with E-state index in [4.69, 9.17) is 14.2 Å². The summed E-state index contributed by atoms with van der Waals surface area (Å²) >= 11 is 1.32. The summed E-state index contributed by atoms with van der Waals surface area (Å²) in [6.07, 6.45) is 2.22. The zero-order valence-electron chi connectivity index (χ0n) is 14.3. The molecule has 0 radical (unpaired) electrons. The summed E-state index contributed by atoms with van der Waals surface area (Å²) in [5, 5.41) is 9.28. The molecule has 1 aliphatic rings. The molecule has 25 heavy (non-hydrogen) atoms. The second-order valence-electron chi connectivity index (χ2n) is 5.65. The van der Waals surface area contributed by atoms with E-state index in [1.165, 1.54) is 18.9 Å². The smallest absolute Gasteiger partial charge is 0.316 e. The van der Waals surface area contributed by atoms with E-state index in [1.807, 2.05) is 28.8 Å². The van der Waals surface area contributed by atoms with Gasteiger partial charge in [0.15, 0.2) is 11.0 Å². The number of carbonyl (C=O) groups excluding carboxylic acids is 1. The highest BCUT2D eigenvalue weighted by atomic mass is 32.2. The first kappa shape index (κ1) is 17.8. The quantitative estimate of drug-likeness (QED) is 0.552. The fraction of sp³-hybridized carbons (Fsp3) is 0.471. The molecule has 2 aromatic rings. The summed E-state index contributed by atoms with van der Waals surface area (Å²) in [4.78, 5) is 11.4. The van der Waals surface area contributed by atoms with Gasteiger partial charge < -0.3 is 14.2 Å². The van der Waals surface area contributed by atoms with Crippen LogP contribution in [0.5, 0.6) is 5.75 Å². The van der Waals surface area contributed by atoms with Crippen LogP contribution < -0.4 is 4.74 Å². The summed E-state index contributed by atoms with van der Waals surface area (Å²) in [5.74, 6) is 1.45. The van der Waals surface area contributed by atoms with E-state index in [-0.39, 0.29) is 17.8 Å². The minimum absolute atomic E-state index is 0.144.